The maximum absolute atomic E-state index is 11.0. The summed E-state index contributed by atoms with van der Waals surface area (Å²) in [4.78, 5) is 29.2. The van der Waals surface area contributed by atoms with Gasteiger partial charge in [0, 0.05) is 69.0 Å². The van der Waals surface area contributed by atoms with E-state index in [0.29, 0.717) is 5.92 Å². The van der Waals surface area contributed by atoms with Gasteiger partial charge in [-0.3, -0.25) is 14.6 Å². The Morgan fingerprint density at radius 2 is 1.79 bits per heavy atom. The van der Waals surface area contributed by atoms with Crippen molar-refractivity contribution in [2.75, 3.05) is 44.6 Å². The Hall–Kier alpha value is -3.40. The second-order valence-corrected chi connectivity index (χ2v) is 10.9. The molecule has 0 amide bonds. The summed E-state index contributed by atoms with van der Waals surface area (Å²) in [6.07, 6.45) is 11.5. The Morgan fingerprint density at radius 3 is 2.51 bits per heavy atom. The molecule has 5 rings (SSSR count). The van der Waals surface area contributed by atoms with Crippen LogP contribution in [-0.2, 0) is 17.8 Å². The highest BCUT2D eigenvalue weighted by Crippen LogP contribution is 2.37. The zero-order valence-corrected chi connectivity index (χ0v) is 22.5. The average Bonchev–Trinajstić information content (AvgIpc) is 3.75. The molecule has 0 radical (unpaired) electrons. The maximum atomic E-state index is 11.0. The summed E-state index contributed by atoms with van der Waals surface area (Å²) in [7, 11) is 0. The number of carbonyl (C=O) groups is 1. The fourth-order valence-electron chi connectivity index (χ4n) is 5.36. The van der Waals surface area contributed by atoms with E-state index in [4.69, 9.17) is 10.8 Å². The lowest BCUT2D eigenvalue weighted by Crippen LogP contribution is -2.47. The number of hydrogen-bond donors (Lipinski definition) is 3. The highest BCUT2D eigenvalue weighted by Gasteiger charge is 2.25. The molecule has 206 valence electrons. The average molecular weight is 530 g/mol. The lowest BCUT2D eigenvalue weighted by atomic mass is 9.94. The summed E-state index contributed by atoms with van der Waals surface area (Å²) in [5, 5.41) is 12.4. The first-order valence-electron chi connectivity index (χ1n) is 14.0. The molecule has 1 unspecified atom stereocenters. The molecule has 1 aliphatic carbocycles. The number of carboxylic acids is 1. The zero-order chi connectivity index (χ0) is 27.0. The van der Waals surface area contributed by atoms with Crippen LogP contribution >= 0.6 is 0 Å². The second kappa shape index (κ2) is 13.1. The minimum Gasteiger partial charge on any atom is -0.480 e. The molecule has 1 saturated carbocycles. The van der Waals surface area contributed by atoms with Crippen molar-refractivity contribution in [3.8, 4) is 11.1 Å². The second-order valence-electron chi connectivity index (χ2n) is 10.9. The predicted octanol–water partition coefficient (Wildman–Crippen LogP) is 3.79. The number of carboxylic acid groups (broad SMARTS) is 1. The van der Waals surface area contributed by atoms with E-state index in [0.717, 1.165) is 86.5 Å². The Morgan fingerprint density at radius 1 is 1.03 bits per heavy atom. The highest BCUT2D eigenvalue weighted by molar-refractivity contribution is 5.69. The third-order valence-electron chi connectivity index (χ3n) is 7.64. The number of nitrogens with two attached hydrogens (primary N) is 1. The Bertz CT molecular complexity index is 1220. The molecule has 1 aromatic carbocycles. The lowest BCUT2D eigenvalue weighted by Gasteiger charge is -2.33. The SMILES string of the molecule is NCCC(Cc1ncc(-c2ccnc(Nc3cccc(CN4CCN(CC(=O)O)CC4)c3)c2)cn1)CC1CC1. The largest absolute Gasteiger partial charge is 0.480 e. The molecular weight excluding hydrogens is 490 g/mol. The van der Waals surface area contributed by atoms with E-state index in [1.54, 1.807) is 6.20 Å². The quantitative estimate of drug-likeness (QED) is 0.304. The molecule has 0 spiro atoms. The molecule has 2 aliphatic rings. The van der Waals surface area contributed by atoms with Crippen molar-refractivity contribution in [2.45, 2.75) is 38.6 Å². The van der Waals surface area contributed by atoms with Crippen LogP contribution in [0.15, 0.2) is 55.0 Å². The van der Waals surface area contributed by atoms with Crippen LogP contribution in [0.2, 0.25) is 0 Å². The van der Waals surface area contributed by atoms with Crippen molar-refractivity contribution in [1.29, 1.82) is 0 Å². The van der Waals surface area contributed by atoms with Gasteiger partial charge in [0.2, 0.25) is 0 Å². The Labute approximate surface area is 230 Å². The Balaban J connectivity index is 1.17. The molecule has 3 heterocycles. The van der Waals surface area contributed by atoms with Crippen molar-refractivity contribution >= 4 is 17.5 Å². The van der Waals surface area contributed by atoms with Gasteiger partial charge in [0.15, 0.2) is 0 Å². The topological polar surface area (TPSA) is 120 Å². The lowest BCUT2D eigenvalue weighted by molar-refractivity contribution is -0.138. The summed E-state index contributed by atoms with van der Waals surface area (Å²) in [5.41, 5.74) is 10.0. The van der Waals surface area contributed by atoms with Gasteiger partial charge < -0.3 is 16.2 Å². The summed E-state index contributed by atoms with van der Waals surface area (Å²) < 4.78 is 0. The van der Waals surface area contributed by atoms with E-state index in [2.05, 4.69) is 43.4 Å². The van der Waals surface area contributed by atoms with Gasteiger partial charge in [-0.25, -0.2) is 15.0 Å². The van der Waals surface area contributed by atoms with Gasteiger partial charge in [0.1, 0.15) is 11.6 Å². The van der Waals surface area contributed by atoms with Crippen LogP contribution in [0, 0.1) is 11.8 Å². The van der Waals surface area contributed by atoms with E-state index in [9.17, 15) is 4.79 Å². The molecular formula is C30H39N7O2. The molecule has 0 bridgehead atoms. The van der Waals surface area contributed by atoms with Gasteiger partial charge in [-0.15, -0.1) is 0 Å². The normalized spacial score (nSPS) is 17.2. The third-order valence-corrected chi connectivity index (χ3v) is 7.64. The smallest absolute Gasteiger partial charge is 0.317 e. The van der Waals surface area contributed by atoms with Crippen molar-refractivity contribution in [2.24, 2.45) is 17.6 Å². The van der Waals surface area contributed by atoms with Gasteiger partial charge >= 0.3 is 5.97 Å². The van der Waals surface area contributed by atoms with Crippen LogP contribution < -0.4 is 11.1 Å². The molecule has 3 aromatic rings. The number of piperazine rings is 1. The van der Waals surface area contributed by atoms with Crippen LogP contribution in [0.4, 0.5) is 11.5 Å². The van der Waals surface area contributed by atoms with E-state index in [-0.39, 0.29) is 6.54 Å². The number of aliphatic carboxylic acids is 1. The standard InChI is InChI=1S/C30H39N7O2/c31-8-6-23(14-22-4-5-22)16-28-33-18-26(19-34-28)25-7-9-32-29(17-25)35-27-3-1-2-24(15-27)20-36-10-12-37(13-11-36)21-30(38)39/h1-3,7,9,15,17-19,22-23H,4-6,8,10-14,16,20-21,31H2,(H,32,35)(H,38,39). The van der Waals surface area contributed by atoms with E-state index in [1.807, 2.05) is 35.5 Å². The number of anilines is 2. The fourth-order valence-corrected chi connectivity index (χ4v) is 5.36. The minimum atomic E-state index is -0.764. The number of nitrogens with one attached hydrogen (secondary N) is 1. The number of pyridine rings is 1. The Kier molecular flexibility index (Phi) is 9.13. The molecule has 4 N–H and O–H groups in total. The van der Waals surface area contributed by atoms with Crippen molar-refractivity contribution in [3.05, 3.63) is 66.4 Å². The van der Waals surface area contributed by atoms with Gasteiger partial charge in [-0.1, -0.05) is 25.0 Å². The first-order valence-corrected chi connectivity index (χ1v) is 14.0. The molecule has 2 fully saturated rings. The first-order chi connectivity index (χ1) is 19.0. The van der Waals surface area contributed by atoms with Crippen LogP contribution in [0.3, 0.4) is 0 Å². The minimum absolute atomic E-state index is 0.116. The van der Waals surface area contributed by atoms with E-state index < -0.39 is 5.97 Å². The van der Waals surface area contributed by atoms with Crippen LogP contribution in [-0.4, -0.2) is 75.1 Å². The molecule has 39 heavy (non-hydrogen) atoms. The monoisotopic (exact) mass is 529 g/mol. The van der Waals surface area contributed by atoms with Crippen molar-refractivity contribution in [3.63, 3.8) is 0 Å². The summed E-state index contributed by atoms with van der Waals surface area (Å²) in [6, 6.07) is 12.4. The number of hydrogen-bond acceptors (Lipinski definition) is 8. The van der Waals surface area contributed by atoms with Gasteiger partial charge in [0.25, 0.3) is 0 Å². The molecule has 9 heteroatoms. The number of aromatic nitrogens is 3. The summed E-state index contributed by atoms with van der Waals surface area (Å²) >= 11 is 0. The van der Waals surface area contributed by atoms with Crippen LogP contribution in [0.1, 0.15) is 37.1 Å². The van der Waals surface area contributed by atoms with Crippen LogP contribution in [0.25, 0.3) is 11.1 Å². The molecule has 2 aromatic heterocycles. The van der Waals surface area contributed by atoms with E-state index >= 15 is 0 Å². The summed E-state index contributed by atoms with van der Waals surface area (Å²) in [6.45, 7) is 4.95. The predicted molar refractivity (Wildman–Crippen MR) is 153 cm³/mol. The molecule has 1 aliphatic heterocycles. The number of benzene rings is 1. The van der Waals surface area contributed by atoms with Gasteiger partial charge in [-0.05, 0) is 66.6 Å². The zero-order valence-electron chi connectivity index (χ0n) is 22.5. The first kappa shape index (κ1) is 27.2. The highest BCUT2D eigenvalue weighted by atomic mass is 16.4. The van der Waals surface area contributed by atoms with Crippen molar-refractivity contribution in [1.82, 2.24) is 24.8 Å². The number of nitrogens with zero attached hydrogens (tertiary/aromatic N) is 5. The van der Waals surface area contributed by atoms with E-state index in [1.165, 1.54) is 24.8 Å². The summed E-state index contributed by atoms with van der Waals surface area (Å²) in [5.74, 6) is 2.35. The van der Waals surface area contributed by atoms with Gasteiger partial charge in [-0.2, -0.15) is 0 Å². The van der Waals surface area contributed by atoms with Crippen molar-refractivity contribution < 1.29 is 9.90 Å². The number of rotatable bonds is 13. The molecule has 9 nitrogen and oxygen atoms in total. The molecule has 1 saturated heterocycles. The fraction of sp³-hybridized carbons (Fsp3) is 0.467. The molecule has 1 atom stereocenters. The maximum Gasteiger partial charge on any atom is 0.317 e. The van der Waals surface area contributed by atoms with Crippen LogP contribution in [0.5, 0.6) is 0 Å². The third kappa shape index (κ3) is 8.29. The van der Waals surface area contributed by atoms with Gasteiger partial charge in [0.05, 0.1) is 6.54 Å².